The van der Waals surface area contributed by atoms with Crippen molar-refractivity contribution >= 4 is 12.6 Å². The van der Waals surface area contributed by atoms with Crippen LogP contribution in [-0.2, 0) is 9.47 Å². The Morgan fingerprint density at radius 3 is 2.33 bits per heavy atom. The van der Waals surface area contributed by atoms with Gasteiger partial charge in [0.1, 0.15) is 24.4 Å². The van der Waals surface area contributed by atoms with Crippen molar-refractivity contribution in [1.82, 2.24) is 0 Å². The van der Waals surface area contributed by atoms with E-state index in [9.17, 15) is 15.3 Å². The van der Waals surface area contributed by atoms with E-state index in [2.05, 4.69) is 12.6 Å². The average Bonchev–Trinajstić information content (AvgIpc) is 2.38. The summed E-state index contributed by atoms with van der Waals surface area (Å²) < 4.78 is 10.5. The molecule has 0 radical (unpaired) electrons. The fraction of sp³-hybridized carbons (Fsp3) is 1.00. The Kier molecular flexibility index (Phi) is 7.47. The van der Waals surface area contributed by atoms with Gasteiger partial charge in [-0.05, 0) is 18.6 Å². The second kappa shape index (κ2) is 8.31. The number of ether oxygens (including phenoxy) is 2. The molecule has 0 aromatic heterocycles. The molecule has 5 atom stereocenters. The van der Waals surface area contributed by atoms with Crippen LogP contribution >= 0.6 is 12.6 Å². The van der Waals surface area contributed by atoms with Gasteiger partial charge in [-0.3, -0.25) is 0 Å². The third-order valence-corrected chi connectivity index (χ3v) is 3.25. The van der Waals surface area contributed by atoms with Crippen LogP contribution in [0.25, 0.3) is 0 Å². The fourth-order valence-corrected chi connectivity index (χ4v) is 2.02. The number of unbranched alkanes of at least 4 members (excludes halogenated alkanes) is 2. The largest absolute Gasteiger partial charge is 0.394 e. The lowest BCUT2D eigenvalue weighted by molar-refractivity contribution is -0.301. The highest BCUT2D eigenvalue weighted by Crippen LogP contribution is 2.22. The zero-order valence-corrected chi connectivity index (χ0v) is 11.1. The van der Waals surface area contributed by atoms with Gasteiger partial charge in [0.05, 0.1) is 6.61 Å². The molecule has 0 saturated carbocycles. The van der Waals surface area contributed by atoms with Crippen LogP contribution in [0.5, 0.6) is 0 Å². The van der Waals surface area contributed by atoms with Crippen molar-refractivity contribution in [1.29, 1.82) is 0 Å². The molecule has 3 unspecified atom stereocenters. The molecule has 1 heterocycles. The lowest BCUT2D eigenvalue weighted by atomic mass is 9.99. The molecule has 0 aliphatic carbocycles. The Morgan fingerprint density at radius 1 is 1.00 bits per heavy atom. The van der Waals surface area contributed by atoms with E-state index in [1.54, 1.807) is 0 Å². The number of aliphatic hydroxyl groups excluding tert-OH is 4. The zero-order chi connectivity index (χ0) is 13.5. The molecule has 18 heavy (non-hydrogen) atoms. The third kappa shape index (κ3) is 4.34. The van der Waals surface area contributed by atoms with Gasteiger partial charge in [0.2, 0.25) is 0 Å². The lowest BCUT2D eigenvalue weighted by Gasteiger charge is -2.39. The maximum Gasteiger partial charge on any atom is 0.186 e. The number of aliphatic hydroxyl groups is 4. The monoisotopic (exact) mass is 282 g/mol. The predicted molar refractivity (Wildman–Crippen MR) is 67.4 cm³/mol. The van der Waals surface area contributed by atoms with Crippen molar-refractivity contribution < 1.29 is 29.9 Å². The molecule has 4 N–H and O–H groups in total. The van der Waals surface area contributed by atoms with Crippen LogP contribution in [0.3, 0.4) is 0 Å². The Morgan fingerprint density at radius 2 is 1.72 bits per heavy atom. The smallest absolute Gasteiger partial charge is 0.186 e. The van der Waals surface area contributed by atoms with Gasteiger partial charge in [0, 0.05) is 6.61 Å². The fourth-order valence-electron chi connectivity index (χ4n) is 1.80. The topological polar surface area (TPSA) is 99.4 Å². The van der Waals surface area contributed by atoms with E-state index in [0.29, 0.717) is 6.61 Å². The SMILES string of the molecule is OCC1O[C@@H](OCCCCCS)C(O)C(O)[C@@H]1O. The summed E-state index contributed by atoms with van der Waals surface area (Å²) in [5.74, 6) is 0.819. The molecule has 0 spiro atoms. The van der Waals surface area contributed by atoms with Crippen LogP contribution in [0.1, 0.15) is 19.3 Å². The molecular formula is C11H22O6S. The van der Waals surface area contributed by atoms with Crippen molar-refractivity contribution in [2.24, 2.45) is 0 Å². The minimum absolute atomic E-state index is 0.385. The Labute approximate surface area is 112 Å². The van der Waals surface area contributed by atoms with Gasteiger partial charge < -0.3 is 29.9 Å². The van der Waals surface area contributed by atoms with E-state index < -0.39 is 37.3 Å². The molecule has 6 nitrogen and oxygen atoms in total. The van der Waals surface area contributed by atoms with Gasteiger partial charge in [0.25, 0.3) is 0 Å². The molecule has 0 aromatic rings. The summed E-state index contributed by atoms with van der Waals surface area (Å²) in [6.45, 7) is -0.0546. The number of hydrogen-bond acceptors (Lipinski definition) is 7. The first-order valence-corrected chi connectivity index (χ1v) is 6.78. The first-order chi connectivity index (χ1) is 8.61. The zero-order valence-electron chi connectivity index (χ0n) is 10.2. The highest BCUT2D eigenvalue weighted by atomic mass is 32.1. The molecule has 1 aliphatic heterocycles. The summed E-state index contributed by atoms with van der Waals surface area (Å²) in [5, 5.41) is 37.7. The number of thiol groups is 1. The van der Waals surface area contributed by atoms with E-state index in [-0.39, 0.29) is 0 Å². The van der Waals surface area contributed by atoms with Crippen LogP contribution in [0.15, 0.2) is 0 Å². The Bertz CT molecular complexity index is 228. The summed E-state index contributed by atoms with van der Waals surface area (Å²) in [6, 6.07) is 0. The van der Waals surface area contributed by atoms with Gasteiger partial charge in [-0.2, -0.15) is 12.6 Å². The molecule has 0 bridgehead atoms. The van der Waals surface area contributed by atoms with Crippen LogP contribution in [0.4, 0.5) is 0 Å². The molecule has 1 aliphatic rings. The van der Waals surface area contributed by atoms with Crippen molar-refractivity contribution in [2.75, 3.05) is 19.0 Å². The molecule has 0 aromatic carbocycles. The van der Waals surface area contributed by atoms with Crippen molar-refractivity contribution in [3.8, 4) is 0 Å². The molecule has 1 rings (SSSR count). The minimum atomic E-state index is -1.38. The quantitative estimate of drug-likeness (QED) is 0.300. The van der Waals surface area contributed by atoms with Gasteiger partial charge in [-0.15, -0.1) is 0 Å². The van der Waals surface area contributed by atoms with Crippen LogP contribution in [0, 0.1) is 0 Å². The summed E-state index contributed by atoms with van der Waals surface area (Å²) >= 11 is 4.09. The van der Waals surface area contributed by atoms with Crippen LogP contribution < -0.4 is 0 Å². The molecule has 1 fully saturated rings. The Balaban J connectivity index is 2.35. The minimum Gasteiger partial charge on any atom is -0.394 e. The second-order valence-electron chi connectivity index (χ2n) is 4.35. The summed E-state index contributed by atoms with van der Waals surface area (Å²) in [4.78, 5) is 0. The number of rotatable bonds is 7. The van der Waals surface area contributed by atoms with E-state index in [1.807, 2.05) is 0 Å². The van der Waals surface area contributed by atoms with Gasteiger partial charge in [-0.1, -0.05) is 6.42 Å². The summed E-state index contributed by atoms with van der Waals surface area (Å²) in [6.07, 6.45) is -3.21. The Hall–Kier alpha value is 0.110. The first kappa shape index (κ1) is 16.2. The molecule has 108 valence electrons. The number of hydrogen-bond donors (Lipinski definition) is 5. The first-order valence-electron chi connectivity index (χ1n) is 6.14. The lowest BCUT2D eigenvalue weighted by Crippen LogP contribution is -2.59. The maximum absolute atomic E-state index is 9.67. The van der Waals surface area contributed by atoms with E-state index in [4.69, 9.17) is 14.6 Å². The second-order valence-corrected chi connectivity index (χ2v) is 4.80. The van der Waals surface area contributed by atoms with Crippen molar-refractivity contribution in [3.63, 3.8) is 0 Å². The normalized spacial score (nSPS) is 36.8. The van der Waals surface area contributed by atoms with Crippen LogP contribution in [0.2, 0.25) is 0 Å². The molecule has 7 heteroatoms. The predicted octanol–water partition coefficient (Wildman–Crippen LogP) is -1.10. The van der Waals surface area contributed by atoms with E-state index in [0.717, 1.165) is 25.0 Å². The van der Waals surface area contributed by atoms with Crippen LogP contribution in [-0.4, -0.2) is 70.1 Å². The standard InChI is InChI=1S/C11H22O6S/c12-6-7-8(13)9(14)10(15)11(17-7)16-4-2-1-3-5-18/h7-15,18H,1-6H2/t7?,8-,9?,10?,11-/m1/s1. The molecular weight excluding hydrogens is 260 g/mol. The van der Waals surface area contributed by atoms with Gasteiger partial charge in [0.15, 0.2) is 6.29 Å². The van der Waals surface area contributed by atoms with E-state index >= 15 is 0 Å². The summed E-state index contributed by atoms with van der Waals surface area (Å²) in [5.41, 5.74) is 0. The highest BCUT2D eigenvalue weighted by Gasteiger charge is 2.43. The van der Waals surface area contributed by atoms with E-state index in [1.165, 1.54) is 0 Å². The average molecular weight is 282 g/mol. The third-order valence-electron chi connectivity index (χ3n) is 2.93. The highest BCUT2D eigenvalue weighted by molar-refractivity contribution is 7.80. The van der Waals surface area contributed by atoms with Crippen molar-refractivity contribution in [3.05, 3.63) is 0 Å². The van der Waals surface area contributed by atoms with Gasteiger partial charge in [-0.25, -0.2) is 0 Å². The maximum atomic E-state index is 9.67. The molecule has 0 amide bonds. The summed E-state index contributed by atoms with van der Waals surface area (Å²) in [7, 11) is 0. The van der Waals surface area contributed by atoms with Crippen molar-refractivity contribution in [2.45, 2.75) is 50.0 Å². The molecule has 1 saturated heterocycles. The van der Waals surface area contributed by atoms with Gasteiger partial charge >= 0.3 is 0 Å².